The quantitative estimate of drug-likeness (QED) is 0.0644. The topological polar surface area (TPSA) is 169 Å². The first-order valence-corrected chi connectivity index (χ1v) is 34.2. The third-order valence-corrected chi connectivity index (χ3v) is 21.3. The number of carbonyl (C=O) groups excluding carboxylic acids is 2. The Hall–Kier alpha value is -8.44. The highest BCUT2D eigenvalue weighted by molar-refractivity contribution is 6.74. The van der Waals surface area contributed by atoms with Crippen LogP contribution in [0.15, 0.2) is 118 Å². The van der Waals surface area contributed by atoms with Crippen LogP contribution in [0.3, 0.4) is 0 Å². The van der Waals surface area contributed by atoms with Crippen LogP contribution in [0.5, 0.6) is 29.1 Å². The molecule has 0 aliphatic heterocycles. The molecule has 0 bridgehead atoms. The molecule has 2 heterocycles. The van der Waals surface area contributed by atoms with E-state index in [2.05, 4.69) is 54.5 Å². The fourth-order valence-corrected chi connectivity index (χ4v) is 10.3. The summed E-state index contributed by atoms with van der Waals surface area (Å²) in [6.45, 7) is 16.2. The van der Waals surface area contributed by atoms with E-state index in [1.54, 1.807) is 13.0 Å². The van der Waals surface area contributed by atoms with Crippen molar-refractivity contribution in [2.75, 3.05) is 0 Å². The predicted octanol–water partition coefficient (Wildman–Crippen LogP) is 22.2. The van der Waals surface area contributed by atoms with Gasteiger partial charge in [0.05, 0.1) is 39.4 Å². The van der Waals surface area contributed by atoms with Crippen molar-refractivity contribution in [2.45, 2.75) is 160 Å². The van der Waals surface area contributed by atoms with Crippen molar-refractivity contribution in [3.05, 3.63) is 216 Å². The van der Waals surface area contributed by atoms with E-state index in [1.165, 1.54) is 57.2 Å². The van der Waals surface area contributed by atoms with Gasteiger partial charge in [0.25, 0.3) is 17.2 Å². The van der Waals surface area contributed by atoms with Crippen molar-refractivity contribution in [3.63, 3.8) is 0 Å². The monoisotopic (exact) mass is 1480 g/mol. The smallest absolute Gasteiger partial charge is 0.416 e. The third kappa shape index (κ3) is 21.5. The standard InChI is InChI=1S/C23H19F5N2O3.C16H23F3OSi.C13H11ClF2N2O2.C10H9F3O.C7H4ClF3O/c1-11-17(24)7-14(8-18(11)25)12(2)29-21(31)19-10-32-22(30-19)33-20-9-15(23(26,27)28)5-6-16(20)13-3-4-13;1-15(2,3)21(4,5)20-14-10-12(16(17,18)19)8-9-13(14)11-6-7-11;1-6-9(15)3-8(4-10(6)16)7(2)17-12(19)11-5-20-13(14)18-11;11-10(12,13)7-3-4-8(6-1-2-6)9(14)5-7;8-5-2-1-4(3-6(5)12)7(9,10)11/h5-10,12-13H,3-4H2,1-2H3,(H,29,31);8-11H,6-7H2,1-5H3;3-5,7H,1-2H3,(H,17,19);3-6,14H,1-2H2;1-3,12H/t12-;;7-;;/m1.1../s1. The second-order valence-corrected chi connectivity index (χ2v) is 30.8. The van der Waals surface area contributed by atoms with Gasteiger partial charge in [-0.2, -0.15) is 62.7 Å². The lowest BCUT2D eigenvalue weighted by Gasteiger charge is -2.37. The van der Waals surface area contributed by atoms with Gasteiger partial charge >= 0.3 is 30.8 Å². The average molecular weight is 1480 g/mol. The molecule has 31 heteroatoms. The number of phenols is 2. The molecule has 4 N–H and O–H groups in total. The molecule has 3 aliphatic carbocycles. The van der Waals surface area contributed by atoms with E-state index in [4.69, 9.17) is 46.3 Å². The number of carbonyl (C=O) groups is 2. The maximum absolute atomic E-state index is 13.8. The minimum absolute atomic E-state index is 0.00472. The van der Waals surface area contributed by atoms with Crippen LogP contribution in [0.1, 0.15) is 185 Å². The highest BCUT2D eigenvalue weighted by Crippen LogP contribution is 2.50. The van der Waals surface area contributed by atoms with Gasteiger partial charge in [0.15, 0.2) is 11.4 Å². The Morgan fingerprint density at radius 3 is 1.24 bits per heavy atom. The van der Waals surface area contributed by atoms with Gasteiger partial charge < -0.3 is 38.8 Å². The number of halogens is 18. The van der Waals surface area contributed by atoms with E-state index < -0.39 is 114 Å². The van der Waals surface area contributed by atoms with Crippen LogP contribution in [-0.4, -0.2) is 40.3 Å². The normalized spacial score (nSPS) is 14.7. The molecular formula is C69H66Cl2F16N4O8Si. The Balaban J connectivity index is 0.000000184. The zero-order valence-electron chi connectivity index (χ0n) is 54.6. The minimum atomic E-state index is -4.55. The van der Waals surface area contributed by atoms with Gasteiger partial charge in [0.2, 0.25) is 8.32 Å². The first kappa shape index (κ1) is 78.9. The van der Waals surface area contributed by atoms with Crippen molar-refractivity contribution in [1.82, 2.24) is 20.6 Å². The van der Waals surface area contributed by atoms with Crippen LogP contribution < -0.4 is 19.8 Å². The molecular weight excluding hydrogens is 1420 g/mol. The largest absolute Gasteiger partial charge is 0.543 e. The Labute approximate surface area is 574 Å². The molecule has 3 aliphatic rings. The van der Waals surface area contributed by atoms with E-state index in [1.807, 2.05) is 0 Å². The van der Waals surface area contributed by atoms with Gasteiger partial charge in [-0.25, -0.2) is 17.6 Å². The van der Waals surface area contributed by atoms with Gasteiger partial charge in [0, 0.05) is 11.1 Å². The summed E-state index contributed by atoms with van der Waals surface area (Å²) in [4.78, 5) is 31.8. The van der Waals surface area contributed by atoms with Gasteiger partial charge in [-0.3, -0.25) is 9.59 Å². The van der Waals surface area contributed by atoms with Crippen LogP contribution >= 0.6 is 23.2 Å². The highest BCUT2D eigenvalue weighted by atomic mass is 35.5. The lowest BCUT2D eigenvalue weighted by molar-refractivity contribution is -0.138. The summed E-state index contributed by atoms with van der Waals surface area (Å²) >= 11 is 10.8. The van der Waals surface area contributed by atoms with E-state index in [9.17, 15) is 84.9 Å². The number of rotatable bonds is 13. The molecule has 0 saturated heterocycles. The number of benzene rings is 6. The maximum atomic E-state index is 13.8. The zero-order valence-corrected chi connectivity index (χ0v) is 57.1. The summed E-state index contributed by atoms with van der Waals surface area (Å²) in [5, 5.41) is 23.0. The van der Waals surface area contributed by atoms with Gasteiger partial charge in [-0.05, 0) is 220 Å². The summed E-state index contributed by atoms with van der Waals surface area (Å²) in [7, 11) is -2.14. The van der Waals surface area contributed by atoms with E-state index in [-0.39, 0.29) is 66.8 Å². The average Bonchev–Trinajstić information content (AvgIpc) is 1.76. The molecule has 12 nitrogen and oxygen atoms in total. The van der Waals surface area contributed by atoms with Crippen molar-refractivity contribution in [2.24, 2.45) is 0 Å². The zero-order chi connectivity index (χ0) is 74.5. The number of aromatic hydroxyl groups is 2. The first-order valence-electron chi connectivity index (χ1n) is 30.6. The summed E-state index contributed by atoms with van der Waals surface area (Å²) in [6.07, 6.45) is -10.4. The molecule has 100 heavy (non-hydrogen) atoms. The molecule has 3 saturated carbocycles. The number of nitrogens with one attached hydrogen (secondary N) is 2. The minimum Gasteiger partial charge on any atom is -0.543 e. The number of ether oxygens (including phenoxy) is 1. The van der Waals surface area contributed by atoms with Crippen molar-refractivity contribution < 1.29 is 108 Å². The molecule has 0 spiro atoms. The van der Waals surface area contributed by atoms with Crippen LogP contribution in [0.4, 0.5) is 70.2 Å². The van der Waals surface area contributed by atoms with Crippen molar-refractivity contribution in [3.8, 4) is 29.1 Å². The molecule has 0 radical (unpaired) electrons. The summed E-state index contributed by atoms with van der Waals surface area (Å²) in [5.41, 5.74) is -0.904. The highest BCUT2D eigenvalue weighted by Gasteiger charge is 2.42. The number of oxazole rings is 2. The predicted molar refractivity (Wildman–Crippen MR) is 340 cm³/mol. The molecule has 2 aromatic heterocycles. The van der Waals surface area contributed by atoms with Crippen LogP contribution in [-0.2, 0) is 24.7 Å². The van der Waals surface area contributed by atoms with Crippen LogP contribution in [0.2, 0.25) is 28.5 Å². The fraction of sp³-hybridized carbons (Fsp3) is 0.362. The van der Waals surface area contributed by atoms with E-state index in [0.717, 1.165) is 105 Å². The van der Waals surface area contributed by atoms with E-state index in [0.29, 0.717) is 34.4 Å². The number of amides is 2. The maximum Gasteiger partial charge on any atom is 0.416 e. The van der Waals surface area contributed by atoms with Gasteiger partial charge in [-0.1, -0.05) is 50.6 Å². The number of nitrogens with zero attached hydrogens (tertiary/aromatic N) is 2. The van der Waals surface area contributed by atoms with Gasteiger partial charge in [0.1, 0.15) is 58.8 Å². The second kappa shape index (κ2) is 31.2. The molecule has 8 aromatic rings. The number of hydrogen-bond acceptors (Lipinski definition) is 10. The number of hydrogen-bond donors (Lipinski definition) is 4. The molecule has 2 amide bonds. The lowest BCUT2D eigenvalue weighted by Crippen LogP contribution is -2.44. The fourth-order valence-electron chi connectivity index (χ4n) is 9.03. The molecule has 11 rings (SSSR count). The molecule has 0 unspecified atom stereocenters. The number of alkyl halides is 12. The Morgan fingerprint density at radius 1 is 0.520 bits per heavy atom. The lowest BCUT2D eigenvalue weighted by atomic mass is 10.1. The summed E-state index contributed by atoms with van der Waals surface area (Å²) in [5.74, 6) is -3.74. The Kier molecular flexibility index (Phi) is 24.6. The molecule has 3 fully saturated rings. The Morgan fingerprint density at radius 2 is 0.870 bits per heavy atom. The third-order valence-electron chi connectivity index (χ3n) is 16.5. The number of aromatic nitrogens is 2. The van der Waals surface area contributed by atoms with Crippen molar-refractivity contribution in [1.29, 1.82) is 0 Å². The van der Waals surface area contributed by atoms with Crippen molar-refractivity contribution >= 4 is 43.3 Å². The molecule has 6 aromatic carbocycles. The SMILES string of the molecule is CC(C)(C)[Si](C)(C)Oc1cc(C(F)(F)F)ccc1C1CC1.Cc1c(F)cc([C@@H](C)NC(=O)c2coc(Cl)n2)cc1F.Cc1c(F)cc([C@@H](C)NC(=O)c2coc(Oc3cc(C(F)(F)F)ccc3C3CC3)n2)cc1F.Oc1cc(C(F)(F)F)ccc1C1CC1.Oc1cc(C(F)(F)F)ccc1Cl. The molecule has 540 valence electrons. The van der Waals surface area contributed by atoms with Crippen LogP contribution in [0, 0.1) is 37.1 Å². The summed E-state index contributed by atoms with van der Waals surface area (Å²) < 4.78 is 227. The van der Waals surface area contributed by atoms with Crippen LogP contribution in [0.25, 0.3) is 0 Å². The summed E-state index contributed by atoms with van der Waals surface area (Å²) in [6, 6.07) is 16.0. The Bertz CT molecular complexity index is 4170. The molecule has 2 atom stereocenters. The van der Waals surface area contributed by atoms with E-state index >= 15 is 0 Å². The second-order valence-electron chi connectivity index (χ2n) is 25.3. The first-order chi connectivity index (χ1) is 46.2. The number of phenolic OH excluding ortho intramolecular Hbond substituents is 2. The van der Waals surface area contributed by atoms with Gasteiger partial charge in [-0.15, -0.1) is 0 Å².